The highest BCUT2D eigenvalue weighted by molar-refractivity contribution is 5.89. The Morgan fingerprint density at radius 1 is 1.35 bits per heavy atom. The zero-order valence-electron chi connectivity index (χ0n) is 12.9. The number of anilines is 1. The summed E-state index contributed by atoms with van der Waals surface area (Å²) in [5.41, 5.74) is 0.149. The van der Waals surface area contributed by atoms with Crippen molar-refractivity contribution in [3.05, 3.63) is 24.3 Å². The molecule has 0 radical (unpaired) electrons. The van der Waals surface area contributed by atoms with Crippen LogP contribution in [0.2, 0.25) is 0 Å². The molecule has 0 aliphatic heterocycles. The first kappa shape index (κ1) is 18.6. The summed E-state index contributed by atoms with van der Waals surface area (Å²) in [5.74, 6) is -1.07. The molecule has 0 saturated heterocycles. The first-order chi connectivity index (χ1) is 10.6. The fourth-order valence-corrected chi connectivity index (χ4v) is 1.81. The van der Waals surface area contributed by atoms with Gasteiger partial charge in [0, 0.05) is 32.4 Å². The Kier molecular flexibility index (Phi) is 6.23. The Hall–Kier alpha value is -2.45. The quantitative estimate of drug-likeness (QED) is 0.869. The van der Waals surface area contributed by atoms with Crippen LogP contribution < -0.4 is 15.4 Å². The molecule has 1 unspecified atom stereocenters. The van der Waals surface area contributed by atoms with Crippen molar-refractivity contribution in [3.63, 3.8) is 0 Å². The molecule has 0 bridgehead atoms. The summed E-state index contributed by atoms with van der Waals surface area (Å²) in [7, 11) is 2.97. The van der Waals surface area contributed by atoms with Gasteiger partial charge in [0.2, 0.25) is 5.91 Å². The normalized spacial score (nSPS) is 12.3. The molecule has 0 heterocycles. The lowest BCUT2D eigenvalue weighted by Gasteiger charge is -2.21. The molecule has 1 atom stereocenters. The lowest BCUT2D eigenvalue weighted by molar-refractivity contribution is -0.274. The standard InChI is InChI=1S/C14H18F3N3O3/c1-9(12(21)18-2)8-20(3)13(22)19-10-5-4-6-11(7-10)23-14(15,16)17/h4-7,9H,8H2,1-3H3,(H,18,21)(H,19,22). The number of urea groups is 1. The number of carbonyl (C=O) groups excluding carboxylic acids is 2. The van der Waals surface area contributed by atoms with E-state index in [1.807, 2.05) is 0 Å². The van der Waals surface area contributed by atoms with E-state index >= 15 is 0 Å². The van der Waals surface area contributed by atoms with Gasteiger partial charge in [-0.2, -0.15) is 0 Å². The predicted molar refractivity (Wildman–Crippen MR) is 78.0 cm³/mol. The summed E-state index contributed by atoms with van der Waals surface area (Å²) in [6.07, 6.45) is -4.80. The first-order valence-corrected chi connectivity index (χ1v) is 6.72. The zero-order chi connectivity index (χ0) is 17.6. The van der Waals surface area contributed by atoms with Crippen LogP contribution in [0.3, 0.4) is 0 Å². The minimum Gasteiger partial charge on any atom is -0.406 e. The van der Waals surface area contributed by atoms with Crippen LogP contribution in [0.25, 0.3) is 0 Å². The lowest BCUT2D eigenvalue weighted by Crippen LogP contribution is -2.39. The Morgan fingerprint density at radius 2 is 2.00 bits per heavy atom. The maximum absolute atomic E-state index is 12.2. The molecule has 1 aromatic rings. The molecule has 0 fully saturated rings. The van der Waals surface area contributed by atoms with Gasteiger partial charge in [-0.05, 0) is 12.1 Å². The van der Waals surface area contributed by atoms with E-state index in [4.69, 9.17) is 0 Å². The van der Waals surface area contributed by atoms with E-state index < -0.39 is 24.1 Å². The Bertz CT molecular complexity index is 564. The minimum atomic E-state index is -4.80. The third kappa shape index (κ3) is 6.45. The van der Waals surface area contributed by atoms with Gasteiger partial charge in [0.25, 0.3) is 0 Å². The molecule has 1 rings (SSSR count). The van der Waals surface area contributed by atoms with Gasteiger partial charge < -0.3 is 20.3 Å². The molecule has 0 aliphatic rings. The van der Waals surface area contributed by atoms with Gasteiger partial charge in [0.15, 0.2) is 0 Å². The maximum atomic E-state index is 12.2. The first-order valence-electron chi connectivity index (χ1n) is 6.72. The predicted octanol–water partition coefficient (Wildman–Crippen LogP) is 2.43. The second-order valence-corrected chi connectivity index (χ2v) is 4.90. The summed E-state index contributed by atoms with van der Waals surface area (Å²) >= 11 is 0. The van der Waals surface area contributed by atoms with Crippen LogP contribution >= 0.6 is 0 Å². The van der Waals surface area contributed by atoms with Crippen LogP contribution in [0.5, 0.6) is 5.75 Å². The number of nitrogens with zero attached hydrogens (tertiary/aromatic N) is 1. The van der Waals surface area contributed by atoms with Gasteiger partial charge in [-0.1, -0.05) is 13.0 Å². The molecule has 0 aliphatic carbocycles. The summed E-state index contributed by atoms with van der Waals surface area (Å²) in [6, 6.07) is 4.38. The largest absolute Gasteiger partial charge is 0.573 e. The topological polar surface area (TPSA) is 70.7 Å². The van der Waals surface area contributed by atoms with Crippen molar-refractivity contribution in [1.29, 1.82) is 0 Å². The molecular formula is C14H18F3N3O3. The van der Waals surface area contributed by atoms with Crippen molar-refractivity contribution in [1.82, 2.24) is 10.2 Å². The van der Waals surface area contributed by atoms with Crippen molar-refractivity contribution < 1.29 is 27.5 Å². The number of rotatable bonds is 5. The second-order valence-electron chi connectivity index (χ2n) is 4.90. The van der Waals surface area contributed by atoms with Crippen LogP contribution in [0.4, 0.5) is 23.7 Å². The van der Waals surface area contributed by atoms with Crippen molar-refractivity contribution in [2.45, 2.75) is 13.3 Å². The maximum Gasteiger partial charge on any atom is 0.573 e. The van der Waals surface area contributed by atoms with E-state index in [9.17, 15) is 22.8 Å². The monoisotopic (exact) mass is 333 g/mol. The van der Waals surface area contributed by atoms with E-state index in [0.29, 0.717) is 0 Å². The van der Waals surface area contributed by atoms with Gasteiger partial charge in [-0.3, -0.25) is 4.79 Å². The van der Waals surface area contributed by atoms with Crippen molar-refractivity contribution in [2.24, 2.45) is 5.92 Å². The molecule has 3 amide bonds. The highest BCUT2D eigenvalue weighted by Gasteiger charge is 2.31. The molecule has 0 aromatic heterocycles. The van der Waals surface area contributed by atoms with Crippen molar-refractivity contribution in [2.75, 3.05) is 26.0 Å². The molecule has 128 valence electrons. The molecule has 2 N–H and O–H groups in total. The number of ether oxygens (including phenoxy) is 1. The molecular weight excluding hydrogens is 315 g/mol. The molecule has 9 heteroatoms. The van der Waals surface area contributed by atoms with Gasteiger partial charge in [-0.15, -0.1) is 13.2 Å². The highest BCUT2D eigenvalue weighted by Crippen LogP contribution is 2.25. The molecule has 0 spiro atoms. The van der Waals surface area contributed by atoms with Crippen molar-refractivity contribution in [3.8, 4) is 5.75 Å². The molecule has 0 saturated carbocycles. The zero-order valence-corrected chi connectivity index (χ0v) is 12.9. The molecule has 6 nitrogen and oxygen atoms in total. The SMILES string of the molecule is CNC(=O)C(C)CN(C)C(=O)Nc1cccc(OC(F)(F)F)c1. The van der Waals surface area contributed by atoms with Gasteiger partial charge >= 0.3 is 12.4 Å². The number of benzene rings is 1. The van der Waals surface area contributed by atoms with Crippen LogP contribution in [-0.2, 0) is 4.79 Å². The van der Waals surface area contributed by atoms with E-state index in [-0.39, 0.29) is 18.1 Å². The van der Waals surface area contributed by atoms with Crippen LogP contribution in [-0.4, -0.2) is 43.8 Å². The van der Waals surface area contributed by atoms with E-state index in [2.05, 4.69) is 15.4 Å². The summed E-state index contributed by atoms with van der Waals surface area (Å²) in [5, 5.41) is 4.91. The fourth-order valence-electron chi connectivity index (χ4n) is 1.81. The van der Waals surface area contributed by atoms with E-state index in [1.165, 1.54) is 31.1 Å². The number of carbonyl (C=O) groups is 2. The fraction of sp³-hybridized carbons (Fsp3) is 0.429. The Balaban J connectivity index is 2.66. The lowest BCUT2D eigenvalue weighted by atomic mass is 10.1. The smallest absolute Gasteiger partial charge is 0.406 e. The number of hydrogen-bond donors (Lipinski definition) is 2. The summed E-state index contributed by atoms with van der Waals surface area (Å²) in [6.45, 7) is 1.81. The number of amides is 3. The highest BCUT2D eigenvalue weighted by atomic mass is 19.4. The van der Waals surface area contributed by atoms with E-state index in [0.717, 1.165) is 12.1 Å². The average molecular weight is 333 g/mol. The third-order valence-electron chi connectivity index (χ3n) is 2.91. The Labute approximate surface area is 131 Å². The minimum absolute atomic E-state index is 0.149. The van der Waals surface area contributed by atoms with E-state index in [1.54, 1.807) is 6.92 Å². The number of halogens is 3. The number of alkyl halides is 3. The number of nitrogens with one attached hydrogen (secondary N) is 2. The summed E-state index contributed by atoms with van der Waals surface area (Å²) < 4.78 is 40.3. The molecule has 23 heavy (non-hydrogen) atoms. The van der Waals surface area contributed by atoms with Gasteiger partial charge in [0.1, 0.15) is 5.75 Å². The average Bonchev–Trinajstić information content (AvgIpc) is 2.44. The van der Waals surface area contributed by atoms with Gasteiger partial charge in [0.05, 0.1) is 5.92 Å². The van der Waals surface area contributed by atoms with Crippen LogP contribution in [0, 0.1) is 5.92 Å². The molecule has 1 aromatic carbocycles. The summed E-state index contributed by atoms with van der Waals surface area (Å²) in [4.78, 5) is 24.6. The van der Waals surface area contributed by atoms with Crippen LogP contribution in [0.15, 0.2) is 24.3 Å². The van der Waals surface area contributed by atoms with Crippen molar-refractivity contribution >= 4 is 17.6 Å². The third-order valence-corrected chi connectivity index (χ3v) is 2.91. The van der Waals surface area contributed by atoms with Crippen LogP contribution in [0.1, 0.15) is 6.92 Å². The van der Waals surface area contributed by atoms with Gasteiger partial charge in [-0.25, -0.2) is 4.79 Å². The second kappa shape index (κ2) is 7.70. The Morgan fingerprint density at radius 3 is 2.57 bits per heavy atom. The number of hydrogen-bond acceptors (Lipinski definition) is 3.